The molecule has 1 aromatic heterocycles. The molecule has 1 aliphatic rings. The summed E-state index contributed by atoms with van der Waals surface area (Å²) in [7, 11) is 0. The fourth-order valence-corrected chi connectivity index (χ4v) is 3.31. The maximum Gasteiger partial charge on any atom is 0.167 e. The highest BCUT2D eigenvalue weighted by Gasteiger charge is 2.12. The lowest BCUT2D eigenvalue weighted by molar-refractivity contribution is 0.297. The maximum atomic E-state index is 5.73. The molecule has 1 aliphatic heterocycles. The van der Waals surface area contributed by atoms with Crippen molar-refractivity contribution >= 4 is 11.8 Å². The first-order valence-corrected chi connectivity index (χ1v) is 8.90. The van der Waals surface area contributed by atoms with E-state index < -0.39 is 0 Å². The number of ether oxygens (including phenoxy) is 2. The Kier molecular flexibility index (Phi) is 4.42. The molecule has 0 atom stereocenters. The lowest BCUT2D eigenvalue weighted by Crippen LogP contribution is -1.97. The number of hydrogen-bond donors (Lipinski definition) is 0. The van der Waals surface area contributed by atoms with Gasteiger partial charge in [0.15, 0.2) is 17.3 Å². The predicted molar refractivity (Wildman–Crippen MR) is 93.5 cm³/mol. The van der Waals surface area contributed by atoms with E-state index in [1.54, 1.807) is 11.8 Å². The molecule has 4 nitrogen and oxygen atoms in total. The maximum absolute atomic E-state index is 5.73. The van der Waals surface area contributed by atoms with E-state index in [-0.39, 0.29) is 0 Å². The van der Waals surface area contributed by atoms with Crippen LogP contribution < -0.4 is 9.47 Å². The van der Waals surface area contributed by atoms with Crippen LogP contribution >= 0.6 is 11.8 Å². The Labute approximate surface area is 144 Å². The third-order valence-corrected chi connectivity index (χ3v) is 4.75. The summed E-state index contributed by atoms with van der Waals surface area (Å²) >= 11 is 1.70. The number of thioether (sulfide) groups is 1. The van der Waals surface area contributed by atoms with Gasteiger partial charge in [-0.2, -0.15) is 0 Å². The van der Waals surface area contributed by atoms with Crippen molar-refractivity contribution in [2.75, 3.05) is 13.2 Å². The van der Waals surface area contributed by atoms with Crippen molar-refractivity contribution in [1.29, 1.82) is 0 Å². The van der Waals surface area contributed by atoms with Crippen molar-refractivity contribution < 1.29 is 14.0 Å². The van der Waals surface area contributed by atoms with Crippen LogP contribution in [0.2, 0.25) is 0 Å². The Hall–Kier alpha value is -2.40. The second kappa shape index (κ2) is 7.01. The van der Waals surface area contributed by atoms with Crippen LogP contribution in [0.1, 0.15) is 12.1 Å². The van der Waals surface area contributed by atoms with Crippen LogP contribution in [0.25, 0.3) is 11.3 Å². The lowest BCUT2D eigenvalue weighted by Gasteiger charge is -2.08. The SMILES string of the molecule is c1ccc(-c2cc(CSc3ccc4c(c3)OCCCO4)no2)cc1. The van der Waals surface area contributed by atoms with E-state index in [9.17, 15) is 0 Å². The summed E-state index contributed by atoms with van der Waals surface area (Å²) in [6.07, 6.45) is 0.915. The van der Waals surface area contributed by atoms with Crippen LogP contribution in [0.4, 0.5) is 0 Å². The first-order chi connectivity index (χ1) is 11.9. The average molecular weight is 339 g/mol. The highest BCUT2D eigenvalue weighted by atomic mass is 32.2. The first-order valence-electron chi connectivity index (χ1n) is 7.92. The van der Waals surface area contributed by atoms with Crippen molar-refractivity contribution in [2.24, 2.45) is 0 Å². The van der Waals surface area contributed by atoms with Crippen LogP contribution in [0.15, 0.2) is 64.0 Å². The first kappa shape index (κ1) is 15.1. The van der Waals surface area contributed by atoms with Gasteiger partial charge in [-0.3, -0.25) is 0 Å². The third kappa shape index (κ3) is 3.41. The largest absolute Gasteiger partial charge is 0.490 e. The Morgan fingerprint density at radius 1 is 0.917 bits per heavy atom. The third-order valence-electron chi connectivity index (χ3n) is 3.72. The summed E-state index contributed by atoms with van der Waals surface area (Å²) in [4.78, 5) is 1.13. The molecule has 0 amide bonds. The van der Waals surface area contributed by atoms with Gasteiger partial charge in [0.25, 0.3) is 0 Å². The van der Waals surface area contributed by atoms with E-state index in [0.717, 1.165) is 45.6 Å². The number of hydrogen-bond acceptors (Lipinski definition) is 5. The van der Waals surface area contributed by atoms with E-state index >= 15 is 0 Å². The van der Waals surface area contributed by atoms with Gasteiger partial charge in [-0.05, 0) is 18.2 Å². The van der Waals surface area contributed by atoms with Crippen molar-refractivity contribution in [3.8, 4) is 22.8 Å². The predicted octanol–water partition coefficient (Wildman–Crippen LogP) is 4.80. The molecule has 0 spiro atoms. The van der Waals surface area contributed by atoms with Gasteiger partial charge in [-0.15, -0.1) is 11.8 Å². The molecule has 24 heavy (non-hydrogen) atoms. The number of fused-ring (bicyclic) bond motifs is 1. The summed E-state index contributed by atoms with van der Waals surface area (Å²) in [5.41, 5.74) is 1.96. The van der Waals surface area contributed by atoms with Gasteiger partial charge in [0.1, 0.15) is 0 Å². The van der Waals surface area contributed by atoms with E-state index in [1.165, 1.54) is 0 Å². The Bertz CT molecular complexity index is 816. The quantitative estimate of drug-likeness (QED) is 0.639. The van der Waals surface area contributed by atoms with Gasteiger partial charge in [0, 0.05) is 28.7 Å². The summed E-state index contributed by atoms with van der Waals surface area (Å²) in [6, 6.07) is 18.0. The number of nitrogens with zero attached hydrogens (tertiary/aromatic N) is 1. The molecule has 2 heterocycles. The molecule has 0 N–H and O–H groups in total. The second-order valence-electron chi connectivity index (χ2n) is 5.50. The molecule has 3 aromatic rings. The molecule has 5 heteroatoms. The minimum atomic E-state index is 0.699. The molecule has 0 saturated carbocycles. The van der Waals surface area contributed by atoms with Gasteiger partial charge in [0.05, 0.1) is 18.9 Å². The van der Waals surface area contributed by atoms with Gasteiger partial charge < -0.3 is 14.0 Å². The summed E-state index contributed by atoms with van der Waals surface area (Å²) in [5, 5.41) is 4.16. The summed E-state index contributed by atoms with van der Waals surface area (Å²) in [6.45, 7) is 1.41. The van der Waals surface area contributed by atoms with Gasteiger partial charge in [0.2, 0.25) is 0 Å². The van der Waals surface area contributed by atoms with Crippen LogP contribution in [-0.4, -0.2) is 18.4 Å². The zero-order valence-electron chi connectivity index (χ0n) is 13.1. The molecule has 122 valence electrons. The van der Waals surface area contributed by atoms with Gasteiger partial charge >= 0.3 is 0 Å². The topological polar surface area (TPSA) is 44.5 Å². The molecule has 0 saturated heterocycles. The highest BCUT2D eigenvalue weighted by molar-refractivity contribution is 7.98. The fraction of sp³-hybridized carbons (Fsp3) is 0.211. The van der Waals surface area contributed by atoms with Crippen LogP contribution in [0.3, 0.4) is 0 Å². The number of rotatable bonds is 4. The van der Waals surface area contributed by atoms with E-state index in [1.807, 2.05) is 48.5 Å². The van der Waals surface area contributed by atoms with E-state index in [4.69, 9.17) is 14.0 Å². The Morgan fingerprint density at radius 2 is 1.75 bits per heavy atom. The van der Waals surface area contributed by atoms with Gasteiger partial charge in [-0.1, -0.05) is 35.5 Å². The Morgan fingerprint density at radius 3 is 2.62 bits per heavy atom. The van der Waals surface area contributed by atoms with E-state index in [2.05, 4.69) is 11.2 Å². The standard InChI is InChI=1S/C19H17NO3S/c1-2-5-14(6-3-1)18-11-15(20-23-18)13-24-16-7-8-17-19(12-16)22-10-4-9-21-17/h1-3,5-8,11-12H,4,9-10,13H2. The molecule has 0 unspecified atom stereocenters. The minimum absolute atomic E-state index is 0.699. The molecule has 0 fully saturated rings. The molecule has 0 radical (unpaired) electrons. The molecular weight excluding hydrogens is 322 g/mol. The molecule has 0 bridgehead atoms. The molecule has 2 aromatic carbocycles. The van der Waals surface area contributed by atoms with Crippen LogP contribution in [-0.2, 0) is 5.75 Å². The number of benzene rings is 2. The Balaban J connectivity index is 1.44. The molecule has 4 rings (SSSR count). The van der Waals surface area contributed by atoms with Gasteiger partial charge in [-0.25, -0.2) is 0 Å². The molecular formula is C19H17NO3S. The average Bonchev–Trinajstić information content (AvgIpc) is 2.98. The summed E-state index contributed by atoms with van der Waals surface area (Å²) in [5.74, 6) is 3.19. The second-order valence-corrected chi connectivity index (χ2v) is 6.54. The van der Waals surface area contributed by atoms with Crippen LogP contribution in [0, 0.1) is 0 Å². The normalized spacial score (nSPS) is 13.5. The minimum Gasteiger partial charge on any atom is -0.490 e. The zero-order chi connectivity index (χ0) is 16.2. The smallest absolute Gasteiger partial charge is 0.167 e. The summed E-state index contributed by atoms with van der Waals surface area (Å²) < 4.78 is 16.8. The fourth-order valence-electron chi connectivity index (χ4n) is 2.51. The highest BCUT2D eigenvalue weighted by Crippen LogP contribution is 2.35. The van der Waals surface area contributed by atoms with Crippen molar-refractivity contribution in [2.45, 2.75) is 17.1 Å². The lowest BCUT2D eigenvalue weighted by atomic mass is 10.2. The number of aromatic nitrogens is 1. The van der Waals surface area contributed by atoms with Crippen molar-refractivity contribution in [3.63, 3.8) is 0 Å². The monoisotopic (exact) mass is 339 g/mol. The zero-order valence-corrected chi connectivity index (χ0v) is 13.9. The molecule has 0 aliphatic carbocycles. The van der Waals surface area contributed by atoms with Crippen molar-refractivity contribution in [3.05, 3.63) is 60.3 Å². The van der Waals surface area contributed by atoms with E-state index in [0.29, 0.717) is 13.2 Å². The van der Waals surface area contributed by atoms with Crippen LogP contribution in [0.5, 0.6) is 11.5 Å². The van der Waals surface area contributed by atoms with Crippen molar-refractivity contribution in [1.82, 2.24) is 5.16 Å².